The Labute approximate surface area is 136 Å². The lowest BCUT2D eigenvalue weighted by atomic mass is 10.1. The molecule has 0 heterocycles. The van der Waals surface area contributed by atoms with Crippen molar-refractivity contribution >= 4 is 17.3 Å². The number of para-hydroxylation sites is 1. The van der Waals surface area contributed by atoms with Crippen molar-refractivity contribution in [3.8, 4) is 0 Å². The first-order chi connectivity index (χ1) is 11.3. The predicted octanol–water partition coefficient (Wildman–Crippen LogP) is 4.31. The SMILES string of the molecule is CCN(CC(=O)Nc1ccccc1C(F)(F)F)c1cccc(F)c1. The van der Waals surface area contributed by atoms with Gasteiger partial charge in [-0.25, -0.2) is 4.39 Å². The molecule has 0 aliphatic heterocycles. The normalized spacial score (nSPS) is 11.2. The lowest BCUT2D eigenvalue weighted by Crippen LogP contribution is -2.33. The third-order valence-corrected chi connectivity index (χ3v) is 3.40. The number of carbonyl (C=O) groups excluding carboxylic acids is 1. The molecule has 0 atom stereocenters. The van der Waals surface area contributed by atoms with E-state index in [4.69, 9.17) is 0 Å². The Morgan fingerprint density at radius 2 is 1.83 bits per heavy atom. The molecule has 24 heavy (non-hydrogen) atoms. The molecule has 0 spiro atoms. The molecule has 0 saturated carbocycles. The maximum atomic E-state index is 13.3. The number of amides is 1. The highest BCUT2D eigenvalue weighted by Crippen LogP contribution is 2.34. The highest BCUT2D eigenvalue weighted by molar-refractivity contribution is 5.94. The Bertz CT molecular complexity index is 716. The summed E-state index contributed by atoms with van der Waals surface area (Å²) in [5, 5.41) is 2.27. The van der Waals surface area contributed by atoms with Crippen molar-refractivity contribution < 1.29 is 22.4 Å². The van der Waals surface area contributed by atoms with Crippen LogP contribution >= 0.6 is 0 Å². The van der Waals surface area contributed by atoms with Crippen LogP contribution in [0.4, 0.5) is 28.9 Å². The maximum absolute atomic E-state index is 13.3. The smallest absolute Gasteiger partial charge is 0.362 e. The van der Waals surface area contributed by atoms with Crippen molar-refractivity contribution in [1.29, 1.82) is 0 Å². The molecule has 3 nitrogen and oxygen atoms in total. The van der Waals surface area contributed by atoms with Gasteiger partial charge in [0.05, 0.1) is 17.8 Å². The Hall–Kier alpha value is -2.57. The number of rotatable bonds is 5. The van der Waals surface area contributed by atoms with Crippen molar-refractivity contribution in [3.05, 3.63) is 59.9 Å². The van der Waals surface area contributed by atoms with Crippen LogP contribution in [0, 0.1) is 5.82 Å². The minimum atomic E-state index is -4.56. The van der Waals surface area contributed by atoms with Gasteiger partial charge in [-0.15, -0.1) is 0 Å². The second-order valence-electron chi connectivity index (χ2n) is 5.09. The van der Waals surface area contributed by atoms with Crippen LogP contribution in [0.3, 0.4) is 0 Å². The first kappa shape index (κ1) is 17.8. The standard InChI is InChI=1S/C17H16F4N2O/c1-2-23(13-7-5-6-12(18)10-13)11-16(24)22-15-9-4-3-8-14(15)17(19,20)21/h3-10H,2,11H2,1H3,(H,22,24). The van der Waals surface area contributed by atoms with Gasteiger partial charge < -0.3 is 10.2 Å². The molecule has 2 aromatic rings. The molecule has 0 aliphatic rings. The van der Waals surface area contributed by atoms with E-state index in [2.05, 4.69) is 5.32 Å². The number of hydrogen-bond acceptors (Lipinski definition) is 2. The molecule has 0 unspecified atom stereocenters. The summed E-state index contributed by atoms with van der Waals surface area (Å²) in [7, 11) is 0. The number of nitrogens with zero attached hydrogens (tertiary/aromatic N) is 1. The Morgan fingerprint density at radius 3 is 2.46 bits per heavy atom. The number of carbonyl (C=O) groups is 1. The molecule has 0 radical (unpaired) electrons. The summed E-state index contributed by atoms with van der Waals surface area (Å²) in [6.07, 6.45) is -4.56. The van der Waals surface area contributed by atoms with Gasteiger partial charge in [0.1, 0.15) is 5.82 Å². The lowest BCUT2D eigenvalue weighted by molar-refractivity contribution is -0.137. The van der Waals surface area contributed by atoms with Crippen molar-refractivity contribution in [3.63, 3.8) is 0 Å². The number of anilines is 2. The highest BCUT2D eigenvalue weighted by atomic mass is 19.4. The zero-order chi connectivity index (χ0) is 17.7. The zero-order valence-corrected chi connectivity index (χ0v) is 12.9. The molecular formula is C17H16F4N2O. The molecule has 0 aromatic heterocycles. The van der Waals surface area contributed by atoms with E-state index in [9.17, 15) is 22.4 Å². The molecule has 1 N–H and O–H groups in total. The van der Waals surface area contributed by atoms with Gasteiger partial charge in [0.2, 0.25) is 5.91 Å². The molecule has 0 fully saturated rings. The van der Waals surface area contributed by atoms with Gasteiger partial charge in [-0.05, 0) is 37.3 Å². The fraction of sp³-hybridized carbons (Fsp3) is 0.235. The molecule has 0 aliphatic carbocycles. The first-order valence-corrected chi connectivity index (χ1v) is 7.28. The molecular weight excluding hydrogens is 324 g/mol. The van der Waals surface area contributed by atoms with Crippen LogP contribution in [0.1, 0.15) is 12.5 Å². The Balaban J connectivity index is 2.13. The van der Waals surface area contributed by atoms with Gasteiger partial charge in [0.25, 0.3) is 0 Å². The van der Waals surface area contributed by atoms with Crippen LogP contribution in [0.15, 0.2) is 48.5 Å². The van der Waals surface area contributed by atoms with Gasteiger partial charge in [-0.3, -0.25) is 4.79 Å². The molecule has 0 saturated heterocycles. The fourth-order valence-electron chi connectivity index (χ4n) is 2.26. The van der Waals surface area contributed by atoms with E-state index < -0.39 is 23.5 Å². The first-order valence-electron chi connectivity index (χ1n) is 7.28. The zero-order valence-electron chi connectivity index (χ0n) is 12.9. The molecule has 128 valence electrons. The van der Waals surface area contributed by atoms with E-state index in [1.54, 1.807) is 17.9 Å². The van der Waals surface area contributed by atoms with Gasteiger partial charge in [0.15, 0.2) is 0 Å². The Kier molecular flexibility index (Phi) is 5.43. The van der Waals surface area contributed by atoms with Crippen molar-refractivity contribution in [2.45, 2.75) is 13.1 Å². The summed E-state index contributed by atoms with van der Waals surface area (Å²) in [5.41, 5.74) is -0.728. The van der Waals surface area contributed by atoms with Crippen LogP contribution in [0.5, 0.6) is 0 Å². The van der Waals surface area contributed by atoms with Crippen LogP contribution < -0.4 is 10.2 Å². The monoisotopic (exact) mass is 340 g/mol. The van der Waals surface area contributed by atoms with Crippen molar-refractivity contribution in [2.24, 2.45) is 0 Å². The molecule has 7 heteroatoms. The number of alkyl halides is 3. The van der Waals surface area contributed by atoms with Gasteiger partial charge in [-0.2, -0.15) is 13.2 Å². The van der Waals surface area contributed by atoms with E-state index in [0.717, 1.165) is 6.07 Å². The lowest BCUT2D eigenvalue weighted by Gasteiger charge is -2.23. The summed E-state index contributed by atoms with van der Waals surface area (Å²) in [4.78, 5) is 13.7. The number of hydrogen-bond donors (Lipinski definition) is 1. The van der Waals surface area contributed by atoms with E-state index in [1.807, 2.05) is 0 Å². The minimum Gasteiger partial charge on any atom is -0.362 e. The van der Waals surface area contributed by atoms with E-state index >= 15 is 0 Å². The van der Waals surface area contributed by atoms with E-state index in [-0.39, 0.29) is 12.2 Å². The third kappa shape index (κ3) is 4.47. The van der Waals surface area contributed by atoms with E-state index in [1.165, 1.54) is 36.4 Å². The summed E-state index contributed by atoms with van der Waals surface area (Å²) >= 11 is 0. The van der Waals surface area contributed by atoms with Gasteiger partial charge in [0, 0.05) is 12.2 Å². The third-order valence-electron chi connectivity index (χ3n) is 3.40. The summed E-state index contributed by atoms with van der Waals surface area (Å²) in [5.74, 6) is -1.06. The molecule has 1 amide bonds. The number of halogens is 4. The average molecular weight is 340 g/mol. The summed E-state index contributed by atoms with van der Waals surface area (Å²) in [6.45, 7) is 1.98. The summed E-state index contributed by atoms with van der Waals surface area (Å²) < 4.78 is 52.1. The topological polar surface area (TPSA) is 32.3 Å². The second-order valence-corrected chi connectivity index (χ2v) is 5.09. The molecule has 0 bridgehead atoms. The minimum absolute atomic E-state index is 0.188. The quantitative estimate of drug-likeness (QED) is 0.823. The predicted molar refractivity (Wildman–Crippen MR) is 84.4 cm³/mol. The van der Waals surface area contributed by atoms with Crippen LogP contribution in [0.2, 0.25) is 0 Å². The second kappa shape index (κ2) is 7.33. The Morgan fingerprint density at radius 1 is 1.12 bits per heavy atom. The van der Waals surface area contributed by atoms with Crippen molar-refractivity contribution in [2.75, 3.05) is 23.3 Å². The number of benzene rings is 2. The van der Waals surface area contributed by atoms with Crippen LogP contribution in [-0.4, -0.2) is 19.0 Å². The maximum Gasteiger partial charge on any atom is 0.418 e. The van der Waals surface area contributed by atoms with Crippen molar-refractivity contribution in [1.82, 2.24) is 0 Å². The largest absolute Gasteiger partial charge is 0.418 e. The van der Waals surface area contributed by atoms with E-state index in [0.29, 0.717) is 12.2 Å². The van der Waals surface area contributed by atoms with Crippen LogP contribution in [0.25, 0.3) is 0 Å². The number of nitrogens with one attached hydrogen (secondary N) is 1. The van der Waals surface area contributed by atoms with Gasteiger partial charge in [-0.1, -0.05) is 18.2 Å². The van der Waals surface area contributed by atoms with Gasteiger partial charge >= 0.3 is 6.18 Å². The fourth-order valence-corrected chi connectivity index (χ4v) is 2.26. The molecule has 2 rings (SSSR count). The number of likely N-dealkylation sites (N-methyl/N-ethyl adjacent to an activating group) is 1. The summed E-state index contributed by atoms with van der Waals surface area (Å²) in [6, 6.07) is 10.4. The average Bonchev–Trinajstić information content (AvgIpc) is 2.52. The molecule has 2 aromatic carbocycles. The van der Waals surface area contributed by atoms with Crippen LogP contribution in [-0.2, 0) is 11.0 Å². The highest BCUT2D eigenvalue weighted by Gasteiger charge is 2.33.